The maximum absolute atomic E-state index is 11.9. The van der Waals surface area contributed by atoms with Crippen LogP contribution in [0.25, 0.3) is 0 Å². The second-order valence-corrected chi connectivity index (χ2v) is 4.74. The SMILES string of the molecule is CCOc1ccccc1NC(=O)COC(=O)COc1ccccc1. The standard InChI is InChI=1S/C18H19NO5/c1-2-22-16-11-7-6-10-15(16)19-17(20)12-24-18(21)13-23-14-8-4-3-5-9-14/h3-11H,2,12-13H2,1H3,(H,19,20). The van der Waals surface area contributed by atoms with E-state index in [1.54, 1.807) is 42.5 Å². The summed E-state index contributed by atoms with van der Waals surface area (Å²) in [5.41, 5.74) is 0.529. The van der Waals surface area contributed by atoms with Crippen LogP contribution in [0.4, 0.5) is 5.69 Å². The molecule has 0 bridgehead atoms. The molecule has 2 aromatic carbocycles. The lowest BCUT2D eigenvalue weighted by Crippen LogP contribution is -2.23. The van der Waals surface area contributed by atoms with Gasteiger partial charge in [0.25, 0.3) is 5.91 Å². The van der Waals surface area contributed by atoms with E-state index in [9.17, 15) is 9.59 Å². The van der Waals surface area contributed by atoms with Crippen LogP contribution in [0.5, 0.6) is 11.5 Å². The van der Waals surface area contributed by atoms with Gasteiger partial charge in [-0.2, -0.15) is 0 Å². The minimum atomic E-state index is -0.618. The van der Waals surface area contributed by atoms with Crippen LogP contribution >= 0.6 is 0 Å². The van der Waals surface area contributed by atoms with Crippen molar-refractivity contribution >= 4 is 17.6 Å². The summed E-state index contributed by atoms with van der Waals surface area (Å²) in [6, 6.07) is 15.9. The summed E-state index contributed by atoms with van der Waals surface area (Å²) in [4.78, 5) is 23.5. The lowest BCUT2D eigenvalue weighted by atomic mass is 10.3. The Bertz CT molecular complexity index is 672. The monoisotopic (exact) mass is 329 g/mol. The molecule has 0 aliphatic rings. The van der Waals surface area contributed by atoms with E-state index in [1.807, 2.05) is 19.1 Å². The van der Waals surface area contributed by atoms with Crippen molar-refractivity contribution in [3.63, 3.8) is 0 Å². The molecule has 6 nitrogen and oxygen atoms in total. The van der Waals surface area contributed by atoms with Crippen LogP contribution in [0.2, 0.25) is 0 Å². The van der Waals surface area contributed by atoms with Crippen molar-refractivity contribution in [2.45, 2.75) is 6.92 Å². The van der Waals surface area contributed by atoms with E-state index in [0.717, 1.165) is 0 Å². The van der Waals surface area contributed by atoms with E-state index < -0.39 is 18.5 Å². The third kappa shape index (κ3) is 5.64. The highest BCUT2D eigenvalue weighted by atomic mass is 16.6. The van der Waals surface area contributed by atoms with Crippen molar-refractivity contribution in [1.82, 2.24) is 0 Å². The number of esters is 1. The van der Waals surface area contributed by atoms with E-state index in [4.69, 9.17) is 14.2 Å². The topological polar surface area (TPSA) is 73.9 Å². The van der Waals surface area contributed by atoms with Crippen molar-refractivity contribution in [2.75, 3.05) is 25.1 Å². The molecule has 24 heavy (non-hydrogen) atoms. The number of rotatable bonds is 8. The van der Waals surface area contributed by atoms with Gasteiger partial charge in [0.05, 0.1) is 12.3 Å². The normalized spacial score (nSPS) is 9.88. The van der Waals surface area contributed by atoms with Gasteiger partial charge in [0.1, 0.15) is 11.5 Å². The van der Waals surface area contributed by atoms with Crippen LogP contribution in [0.1, 0.15) is 6.92 Å². The Balaban J connectivity index is 1.75. The zero-order chi connectivity index (χ0) is 17.2. The second-order valence-electron chi connectivity index (χ2n) is 4.74. The first-order valence-corrected chi connectivity index (χ1v) is 7.54. The van der Waals surface area contributed by atoms with Crippen molar-refractivity contribution in [1.29, 1.82) is 0 Å². The van der Waals surface area contributed by atoms with Gasteiger partial charge in [0.2, 0.25) is 0 Å². The summed E-state index contributed by atoms with van der Waals surface area (Å²) < 4.78 is 15.5. The number of hydrogen-bond acceptors (Lipinski definition) is 5. The molecular weight excluding hydrogens is 310 g/mol. The first-order chi connectivity index (χ1) is 11.7. The zero-order valence-corrected chi connectivity index (χ0v) is 13.4. The smallest absolute Gasteiger partial charge is 0.344 e. The highest BCUT2D eigenvalue weighted by Gasteiger charge is 2.11. The molecule has 6 heteroatoms. The maximum atomic E-state index is 11.9. The number of amides is 1. The van der Waals surface area contributed by atoms with Gasteiger partial charge in [-0.25, -0.2) is 4.79 Å². The molecule has 0 aliphatic heterocycles. The Morgan fingerprint density at radius 2 is 1.62 bits per heavy atom. The summed E-state index contributed by atoms with van der Waals surface area (Å²) >= 11 is 0. The fraction of sp³-hybridized carbons (Fsp3) is 0.222. The molecule has 0 saturated carbocycles. The predicted molar refractivity (Wildman–Crippen MR) is 89.1 cm³/mol. The van der Waals surface area contributed by atoms with Gasteiger partial charge in [-0.05, 0) is 31.2 Å². The third-order valence-corrected chi connectivity index (χ3v) is 2.93. The quantitative estimate of drug-likeness (QED) is 0.754. The number of hydrogen-bond donors (Lipinski definition) is 1. The van der Waals surface area contributed by atoms with Crippen molar-refractivity contribution in [3.05, 3.63) is 54.6 Å². The molecule has 126 valence electrons. The van der Waals surface area contributed by atoms with Crippen LogP contribution < -0.4 is 14.8 Å². The predicted octanol–water partition coefficient (Wildman–Crippen LogP) is 2.65. The number of carbonyl (C=O) groups is 2. The number of ether oxygens (including phenoxy) is 3. The second kappa shape index (κ2) is 9.19. The molecule has 0 heterocycles. The number of carbonyl (C=O) groups excluding carboxylic acids is 2. The largest absolute Gasteiger partial charge is 0.492 e. The van der Waals surface area contributed by atoms with E-state index in [-0.39, 0.29) is 6.61 Å². The van der Waals surface area contributed by atoms with Crippen molar-refractivity contribution in [3.8, 4) is 11.5 Å². The summed E-state index contributed by atoms with van der Waals surface area (Å²) in [6.07, 6.45) is 0. The van der Waals surface area contributed by atoms with Crippen LogP contribution in [0.3, 0.4) is 0 Å². The molecule has 0 fully saturated rings. The van der Waals surface area contributed by atoms with Gasteiger partial charge in [-0.1, -0.05) is 30.3 Å². The number of anilines is 1. The Morgan fingerprint density at radius 3 is 2.38 bits per heavy atom. The maximum Gasteiger partial charge on any atom is 0.344 e. The Labute approximate surface area is 140 Å². The molecule has 0 aliphatic carbocycles. The van der Waals surface area contributed by atoms with Crippen LogP contribution in [0, 0.1) is 0 Å². The van der Waals surface area contributed by atoms with E-state index in [1.165, 1.54) is 0 Å². The fourth-order valence-corrected chi connectivity index (χ4v) is 1.88. The van der Waals surface area contributed by atoms with Crippen molar-refractivity contribution in [2.24, 2.45) is 0 Å². The molecule has 0 spiro atoms. The Kier molecular flexibility index (Phi) is 6.64. The van der Waals surface area contributed by atoms with Gasteiger partial charge in [0.15, 0.2) is 13.2 Å². The molecule has 2 aromatic rings. The third-order valence-electron chi connectivity index (χ3n) is 2.93. The van der Waals surface area contributed by atoms with Gasteiger partial charge in [-0.3, -0.25) is 4.79 Å². The Hall–Kier alpha value is -3.02. The van der Waals surface area contributed by atoms with Crippen LogP contribution in [0.15, 0.2) is 54.6 Å². The molecule has 0 atom stereocenters. The van der Waals surface area contributed by atoms with Crippen LogP contribution in [-0.2, 0) is 14.3 Å². The molecule has 2 rings (SSSR count). The highest BCUT2D eigenvalue weighted by Crippen LogP contribution is 2.23. The molecule has 0 radical (unpaired) electrons. The van der Waals surface area contributed by atoms with Gasteiger partial charge in [0, 0.05) is 0 Å². The summed E-state index contributed by atoms with van der Waals surface area (Å²) in [5.74, 6) is 0.0546. The molecule has 0 unspecified atom stereocenters. The number of para-hydroxylation sites is 3. The minimum Gasteiger partial charge on any atom is -0.492 e. The van der Waals surface area contributed by atoms with Gasteiger partial charge in [-0.15, -0.1) is 0 Å². The molecule has 1 amide bonds. The van der Waals surface area contributed by atoms with Gasteiger partial charge >= 0.3 is 5.97 Å². The van der Waals surface area contributed by atoms with Crippen LogP contribution in [-0.4, -0.2) is 31.7 Å². The van der Waals surface area contributed by atoms with E-state index in [2.05, 4.69) is 5.32 Å². The fourth-order valence-electron chi connectivity index (χ4n) is 1.88. The van der Waals surface area contributed by atoms with Gasteiger partial charge < -0.3 is 19.5 Å². The summed E-state index contributed by atoms with van der Waals surface area (Å²) in [5, 5.41) is 2.64. The highest BCUT2D eigenvalue weighted by molar-refractivity contribution is 5.94. The molecule has 0 aromatic heterocycles. The van der Waals surface area contributed by atoms with E-state index >= 15 is 0 Å². The zero-order valence-electron chi connectivity index (χ0n) is 13.4. The first-order valence-electron chi connectivity index (χ1n) is 7.54. The molecule has 1 N–H and O–H groups in total. The Morgan fingerprint density at radius 1 is 0.917 bits per heavy atom. The molecule has 0 saturated heterocycles. The average molecular weight is 329 g/mol. The van der Waals surface area contributed by atoms with E-state index in [0.29, 0.717) is 23.8 Å². The lowest BCUT2D eigenvalue weighted by molar-refractivity contribution is -0.149. The minimum absolute atomic E-state index is 0.257. The summed E-state index contributed by atoms with van der Waals surface area (Å²) in [6.45, 7) is 1.69. The number of nitrogens with one attached hydrogen (secondary N) is 1. The lowest BCUT2D eigenvalue weighted by Gasteiger charge is -2.11. The molecular formula is C18H19NO5. The summed E-state index contributed by atoms with van der Waals surface area (Å²) in [7, 11) is 0. The first kappa shape index (κ1) is 17.3. The average Bonchev–Trinajstić information content (AvgIpc) is 2.61. The number of benzene rings is 2. The van der Waals surface area contributed by atoms with Crippen molar-refractivity contribution < 1.29 is 23.8 Å².